The number of carbonyl (C=O) groups is 3. The van der Waals surface area contributed by atoms with E-state index in [4.69, 9.17) is 14.2 Å². The van der Waals surface area contributed by atoms with E-state index in [0.717, 1.165) is 103 Å². The minimum atomic E-state index is -0.823. The largest absolute Gasteiger partial charge is 0.462 e. The van der Waals surface area contributed by atoms with Crippen LogP contribution in [0.15, 0.2) is 109 Å². The lowest BCUT2D eigenvalue weighted by Crippen LogP contribution is -2.30. The van der Waals surface area contributed by atoms with E-state index >= 15 is 0 Å². The normalized spacial score (nSPS) is 13.1. The van der Waals surface area contributed by atoms with Gasteiger partial charge >= 0.3 is 17.9 Å². The maximum absolute atomic E-state index is 12.7. The first-order chi connectivity index (χ1) is 28.5. The highest BCUT2D eigenvalue weighted by molar-refractivity contribution is 5.71. The van der Waals surface area contributed by atoms with Gasteiger partial charge in [-0.25, -0.2) is 0 Å². The second-order valence-electron chi connectivity index (χ2n) is 14.5. The van der Waals surface area contributed by atoms with Gasteiger partial charge in [0.15, 0.2) is 6.10 Å². The summed E-state index contributed by atoms with van der Waals surface area (Å²) in [6.07, 6.45) is 60.9. The molecule has 0 amide bonds. The van der Waals surface area contributed by atoms with Crippen molar-refractivity contribution in [1.82, 2.24) is 0 Å². The van der Waals surface area contributed by atoms with Crippen molar-refractivity contribution in [2.75, 3.05) is 13.2 Å². The van der Waals surface area contributed by atoms with E-state index < -0.39 is 6.10 Å². The van der Waals surface area contributed by atoms with E-state index in [-0.39, 0.29) is 44.0 Å². The van der Waals surface area contributed by atoms with Crippen LogP contribution < -0.4 is 0 Å². The predicted molar refractivity (Wildman–Crippen MR) is 247 cm³/mol. The van der Waals surface area contributed by atoms with Crippen LogP contribution in [0.3, 0.4) is 0 Å². The van der Waals surface area contributed by atoms with E-state index in [1.54, 1.807) is 0 Å². The fourth-order valence-electron chi connectivity index (χ4n) is 5.61. The van der Waals surface area contributed by atoms with Crippen LogP contribution in [0.4, 0.5) is 0 Å². The third-order valence-corrected chi connectivity index (χ3v) is 8.99. The molecule has 0 aliphatic carbocycles. The number of rotatable bonds is 39. The summed E-state index contributed by atoms with van der Waals surface area (Å²) >= 11 is 0. The number of carbonyl (C=O) groups excluding carboxylic acids is 3. The number of allylic oxidation sites excluding steroid dienone is 18. The zero-order valence-electron chi connectivity index (χ0n) is 37.0. The van der Waals surface area contributed by atoms with Crippen molar-refractivity contribution in [3.8, 4) is 0 Å². The van der Waals surface area contributed by atoms with Crippen LogP contribution in [-0.4, -0.2) is 37.2 Å². The van der Waals surface area contributed by atoms with Gasteiger partial charge in [0, 0.05) is 19.3 Å². The van der Waals surface area contributed by atoms with Crippen molar-refractivity contribution in [3.05, 3.63) is 109 Å². The molecule has 0 radical (unpaired) electrons. The van der Waals surface area contributed by atoms with Crippen LogP contribution in [-0.2, 0) is 28.6 Å². The monoisotopic (exact) mass is 803 g/mol. The van der Waals surface area contributed by atoms with Gasteiger partial charge in [-0.05, 0) is 109 Å². The Hall–Kier alpha value is -3.93. The standard InChI is InChI=1S/C52H82O6/c1-4-7-10-13-16-19-21-23-25-26-27-29-30-33-36-39-42-45-51(54)57-48-49(47-56-50(53)44-41-38-35-32-18-15-12-9-6-3)58-52(55)46-43-40-37-34-31-28-24-22-20-17-14-11-8-5-2/h7-8,10-11,16-17,19-20,23-25,27-29,32-33,35-36,49H,4-6,9,12-15,18,21-22,26,30-31,34,37-48H2,1-3H3/b10-7-,11-8-,19-16-,20-17-,25-23-,28-24-,29-27-,35-32-,36-33-. The Labute approximate surface area is 355 Å². The third-order valence-electron chi connectivity index (χ3n) is 8.99. The molecule has 0 bridgehead atoms. The summed E-state index contributed by atoms with van der Waals surface area (Å²) in [5.41, 5.74) is 0. The van der Waals surface area contributed by atoms with Crippen LogP contribution in [0.1, 0.15) is 181 Å². The van der Waals surface area contributed by atoms with Crippen molar-refractivity contribution in [3.63, 3.8) is 0 Å². The molecular formula is C52H82O6. The highest BCUT2D eigenvalue weighted by Gasteiger charge is 2.19. The number of esters is 3. The summed E-state index contributed by atoms with van der Waals surface area (Å²) < 4.78 is 16.6. The SMILES string of the molecule is CC/C=C\C/C=C\C/C=C\C/C=C\C/C=C\CCCC(=O)OCC(COC(=O)CCC/C=C\CCCCCC)OC(=O)CCCCCC/C=C\C/C=C\C/C=C\CC. The van der Waals surface area contributed by atoms with Crippen molar-refractivity contribution in [2.24, 2.45) is 0 Å². The van der Waals surface area contributed by atoms with Gasteiger partial charge in [-0.2, -0.15) is 0 Å². The summed E-state index contributed by atoms with van der Waals surface area (Å²) in [4.78, 5) is 37.7. The molecule has 0 saturated carbocycles. The molecule has 0 aromatic rings. The van der Waals surface area contributed by atoms with E-state index in [1.807, 2.05) is 0 Å². The van der Waals surface area contributed by atoms with Crippen molar-refractivity contribution < 1.29 is 28.6 Å². The van der Waals surface area contributed by atoms with Crippen molar-refractivity contribution in [1.29, 1.82) is 0 Å². The Morgan fingerprint density at radius 1 is 0.362 bits per heavy atom. The van der Waals surface area contributed by atoms with Gasteiger partial charge in [0.25, 0.3) is 0 Å². The maximum atomic E-state index is 12.7. The molecule has 0 aromatic carbocycles. The molecule has 0 aromatic heterocycles. The van der Waals surface area contributed by atoms with E-state index in [1.165, 1.54) is 25.7 Å². The molecule has 0 saturated heterocycles. The van der Waals surface area contributed by atoms with Gasteiger partial charge < -0.3 is 14.2 Å². The van der Waals surface area contributed by atoms with E-state index in [2.05, 4.69) is 130 Å². The van der Waals surface area contributed by atoms with Crippen molar-refractivity contribution in [2.45, 2.75) is 187 Å². The summed E-state index contributed by atoms with van der Waals surface area (Å²) in [7, 11) is 0. The third kappa shape index (κ3) is 43.2. The lowest BCUT2D eigenvalue weighted by molar-refractivity contribution is -0.167. The van der Waals surface area contributed by atoms with Gasteiger partial charge in [-0.1, -0.05) is 162 Å². The first kappa shape index (κ1) is 54.1. The van der Waals surface area contributed by atoms with E-state index in [9.17, 15) is 14.4 Å². The Bertz CT molecular complexity index is 1240. The average molecular weight is 803 g/mol. The predicted octanol–water partition coefficient (Wildman–Crippen LogP) is 14.8. The number of hydrogen-bond donors (Lipinski definition) is 0. The van der Waals surface area contributed by atoms with Crippen LogP contribution in [0.25, 0.3) is 0 Å². The van der Waals surface area contributed by atoms with Crippen molar-refractivity contribution >= 4 is 17.9 Å². The quantitative estimate of drug-likeness (QED) is 0.0267. The van der Waals surface area contributed by atoms with Gasteiger partial charge in [-0.3, -0.25) is 14.4 Å². The molecule has 0 aliphatic rings. The Kier molecular flexibility index (Phi) is 42.7. The summed E-state index contributed by atoms with van der Waals surface area (Å²) in [5, 5.41) is 0. The fourth-order valence-corrected chi connectivity index (χ4v) is 5.61. The lowest BCUT2D eigenvalue weighted by atomic mass is 10.1. The van der Waals surface area contributed by atoms with Crippen LogP contribution in [0.5, 0.6) is 0 Å². The van der Waals surface area contributed by atoms with E-state index in [0.29, 0.717) is 19.3 Å². The van der Waals surface area contributed by atoms with Gasteiger partial charge in [-0.15, -0.1) is 0 Å². The zero-order valence-corrected chi connectivity index (χ0v) is 37.0. The molecule has 0 aliphatic heterocycles. The van der Waals surface area contributed by atoms with Crippen LogP contribution in [0.2, 0.25) is 0 Å². The Morgan fingerprint density at radius 3 is 1.10 bits per heavy atom. The second kappa shape index (κ2) is 45.8. The fraction of sp³-hybridized carbons (Fsp3) is 0.596. The molecule has 0 rings (SSSR count). The number of hydrogen-bond acceptors (Lipinski definition) is 6. The van der Waals surface area contributed by atoms with Crippen LogP contribution >= 0.6 is 0 Å². The minimum Gasteiger partial charge on any atom is -0.462 e. The first-order valence-electron chi connectivity index (χ1n) is 22.9. The molecular weight excluding hydrogens is 721 g/mol. The second-order valence-corrected chi connectivity index (χ2v) is 14.5. The van der Waals surface area contributed by atoms with Gasteiger partial charge in [0.2, 0.25) is 0 Å². The maximum Gasteiger partial charge on any atom is 0.306 e. The average Bonchev–Trinajstić information content (AvgIpc) is 3.22. The molecule has 0 N–H and O–H groups in total. The smallest absolute Gasteiger partial charge is 0.306 e. The highest BCUT2D eigenvalue weighted by Crippen LogP contribution is 2.11. The molecule has 1 unspecified atom stereocenters. The van der Waals surface area contributed by atoms with Gasteiger partial charge in [0.05, 0.1) is 0 Å². The van der Waals surface area contributed by atoms with Crippen LogP contribution in [0, 0.1) is 0 Å². The molecule has 0 fully saturated rings. The Morgan fingerprint density at radius 2 is 0.690 bits per heavy atom. The number of unbranched alkanes of at least 4 members (excludes halogenated alkanes) is 10. The summed E-state index contributed by atoms with van der Waals surface area (Å²) in [6, 6.07) is 0. The van der Waals surface area contributed by atoms with Gasteiger partial charge in [0.1, 0.15) is 13.2 Å². The molecule has 1 atom stereocenters. The summed E-state index contributed by atoms with van der Waals surface area (Å²) in [6.45, 7) is 6.25. The first-order valence-corrected chi connectivity index (χ1v) is 22.9. The molecule has 6 heteroatoms. The molecule has 326 valence electrons. The molecule has 0 heterocycles. The number of ether oxygens (including phenoxy) is 3. The lowest BCUT2D eigenvalue weighted by Gasteiger charge is -2.18. The topological polar surface area (TPSA) is 78.9 Å². The molecule has 6 nitrogen and oxygen atoms in total. The minimum absolute atomic E-state index is 0.123. The highest BCUT2D eigenvalue weighted by atomic mass is 16.6. The zero-order chi connectivity index (χ0) is 42.3. The molecule has 58 heavy (non-hydrogen) atoms. The summed E-state index contributed by atoms with van der Waals surface area (Å²) in [5.74, 6) is -1.05. The molecule has 0 spiro atoms. The Balaban J connectivity index is 4.53.